The number of nitrogens with one attached hydrogen (secondary N) is 1. The van der Waals surface area contributed by atoms with Gasteiger partial charge in [0.2, 0.25) is 0 Å². The maximum Gasteiger partial charge on any atom is 0.0332 e. The molecule has 0 aliphatic rings. The third-order valence-electron chi connectivity index (χ3n) is 4.07. The van der Waals surface area contributed by atoms with Crippen molar-refractivity contribution < 1.29 is 0 Å². The molecule has 1 aromatic carbocycles. The molecule has 0 aliphatic carbocycles. The van der Waals surface area contributed by atoms with Crippen molar-refractivity contribution in [3.8, 4) is 0 Å². The van der Waals surface area contributed by atoms with E-state index in [9.17, 15) is 0 Å². The summed E-state index contributed by atoms with van der Waals surface area (Å²) in [6.07, 6.45) is 5.79. The summed E-state index contributed by atoms with van der Waals surface area (Å²) in [5.74, 6) is 1.23. The summed E-state index contributed by atoms with van der Waals surface area (Å²) >= 11 is 1.95. The minimum atomic E-state index is 0.473. The number of thioether (sulfide) groups is 1. The Kier molecular flexibility index (Phi) is 9.81. The zero-order chi connectivity index (χ0) is 15.5. The van der Waals surface area contributed by atoms with Crippen LogP contribution in [0, 0.1) is 0 Å². The number of rotatable bonds is 11. The third-order valence-corrected chi connectivity index (χ3v) is 4.78. The first kappa shape index (κ1) is 18.5. The molecule has 0 fully saturated rings. The molecule has 0 bridgehead atoms. The van der Waals surface area contributed by atoms with E-state index in [1.165, 1.54) is 30.6 Å². The van der Waals surface area contributed by atoms with Crippen LogP contribution in [-0.4, -0.2) is 43.1 Å². The molecule has 1 N–H and O–H groups in total. The lowest BCUT2D eigenvalue weighted by Crippen LogP contribution is -2.36. The maximum atomic E-state index is 3.70. The highest BCUT2D eigenvalue weighted by atomic mass is 32.2. The van der Waals surface area contributed by atoms with E-state index in [4.69, 9.17) is 0 Å². The molecule has 120 valence electrons. The van der Waals surface area contributed by atoms with Gasteiger partial charge in [-0.15, -0.1) is 0 Å². The summed E-state index contributed by atoms with van der Waals surface area (Å²) in [6, 6.07) is 12.0. The van der Waals surface area contributed by atoms with E-state index in [0.29, 0.717) is 12.1 Å². The molecule has 0 spiro atoms. The van der Waals surface area contributed by atoms with Crippen LogP contribution in [0.1, 0.15) is 44.7 Å². The van der Waals surface area contributed by atoms with E-state index in [0.717, 1.165) is 13.1 Å². The molecule has 1 aromatic rings. The van der Waals surface area contributed by atoms with Crippen molar-refractivity contribution in [1.82, 2.24) is 10.2 Å². The van der Waals surface area contributed by atoms with Crippen molar-refractivity contribution >= 4 is 11.8 Å². The van der Waals surface area contributed by atoms with E-state index in [1.54, 1.807) is 0 Å². The molecule has 0 saturated heterocycles. The summed E-state index contributed by atoms with van der Waals surface area (Å²) in [4.78, 5) is 2.53. The molecule has 2 nitrogen and oxygen atoms in total. The van der Waals surface area contributed by atoms with Gasteiger partial charge in [0.15, 0.2) is 0 Å². The quantitative estimate of drug-likeness (QED) is 0.660. The van der Waals surface area contributed by atoms with Gasteiger partial charge in [0.1, 0.15) is 0 Å². The van der Waals surface area contributed by atoms with Crippen LogP contribution in [0.2, 0.25) is 0 Å². The molecule has 0 radical (unpaired) electrons. The summed E-state index contributed by atoms with van der Waals surface area (Å²) < 4.78 is 0. The van der Waals surface area contributed by atoms with E-state index < -0.39 is 0 Å². The molecule has 0 aliphatic heterocycles. The van der Waals surface area contributed by atoms with Crippen molar-refractivity contribution in [3.63, 3.8) is 0 Å². The second-order valence-corrected chi connectivity index (χ2v) is 6.61. The Balaban J connectivity index is 2.56. The molecular formula is C18H32N2S. The first-order valence-electron chi connectivity index (χ1n) is 8.20. The van der Waals surface area contributed by atoms with Gasteiger partial charge < -0.3 is 10.2 Å². The van der Waals surface area contributed by atoms with Crippen LogP contribution in [0.3, 0.4) is 0 Å². The Hall–Kier alpha value is -0.510. The molecular weight excluding hydrogens is 276 g/mol. The van der Waals surface area contributed by atoms with Gasteiger partial charge >= 0.3 is 0 Å². The van der Waals surface area contributed by atoms with E-state index >= 15 is 0 Å². The van der Waals surface area contributed by atoms with Crippen LogP contribution in [0.25, 0.3) is 0 Å². The van der Waals surface area contributed by atoms with Gasteiger partial charge in [0.05, 0.1) is 0 Å². The van der Waals surface area contributed by atoms with Gasteiger partial charge in [-0.1, -0.05) is 44.2 Å². The lowest BCUT2D eigenvalue weighted by molar-refractivity contribution is 0.241. The fraction of sp³-hybridized carbons (Fsp3) is 0.667. The van der Waals surface area contributed by atoms with E-state index in [1.807, 2.05) is 11.8 Å². The SMILES string of the molecule is CCCNC(CCN(C)C(CC)CSC)c1ccccc1. The highest BCUT2D eigenvalue weighted by Gasteiger charge is 2.15. The Bertz CT molecular complexity index is 355. The first-order valence-corrected chi connectivity index (χ1v) is 9.59. The van der Waals surface area contributed by atoms with Crippen molar-refractivity contribution in [2.24, 2.45) is 0 Å². The molecule has 21 heavy (non-hydrogen) atoms. The predicted octanol–water partition coefficient (Wildman–Crippen LogP) is 4.19. The largest absolute Gasteiger partial charge is 0.310 e. The fourth-order valence-electron chi connectivity index (χ4n) is 2.65. The third kappa shape index (κ3) is 6.86. The Labute approximate surface area is 135 Å². The summed E-state index contributed by atoms with van der Waals surface area (Å²) in [5.41, 5.74) is 1.41. The van der Waals surface area contributed by atoms with Crippen LogP contribution >= 0.6 is 11.8 Å². The van der Waals surface area contributed by atoms with Gasteiger partial charge in [-0.3, -0.25) is 0 Å². The van der Waals surface area contributed by atoms with Gasteiger partial charge in [0.25, 0.3) is 0 Å². The topological polar surface area (TPSA) is 15.3 Å². The number of benzene rings is 1. The van der Waals surface area contributed by atoms with Crippen molar-refractivity contribution in [2.75, 3.05) is 32.1 Å². The minimum Gasteiger partial charge on any atom is -0.310 e. The smallest absolute Gasteiger partial charge is 0.0332 e. The highest BCUT2D eigenvalue weighted by Crippen LogP contribution is 2.18. The van der Waals surface area contributed by atoms with Gasteiger partial charge in [-0.2, -0.15) is 11.8 Å². The molecule has 2 atom stereocenters. The monoisotopic (exact) mass is 308 g/mol. The first-order chi connectivity index (χ1) is 10.2. The highest BCUT2D eigenvalue weighted by molar-refractivity contribution is 7.98. The van der Waals surface area contributed by atoms with Crippen molar-refractivity contribution in [2.45, 2.75) is 45.2 Å². The summed E-state index contributed by atoms with van der Waals surface area (Å²) in [6.45, 7) is 6.76. The Morgan fingerprint density at radius 3 is 2.48 bits per heavy atom. The van der Waals surface area contributed by atoms with Crippen molar-refractivity contribution in [1.29, 1.82) is 0 Å². The minimum absolute atomic E-state index is 0.473. The summed E-state index contributed by atoms with van der Waals surface area (Å²) in [7, 11) is 2.27. The van der Waals surface area contributed by atoms with Crippen LogP contribution < -0.4 is 5.32 Å². The zero-order valence-corrected chi connectivity index (χ0v) is 15.0. The van der Waals surface area contributed by atoms with Gasteiger partial charge in [-0.05, 0) is 51.2 Å². The van der Waals surface area contributed by atoms with Crippen molar-refractivity contribution in [3.05, 3.63) is 35.9 Å². The molecule has 0 saturated carbocycles. The molecule has 0 amide bonds. The Morgan fingerprint density at radius 1 is 1.19 bits per heavy atom. The average molecular weight is 309 g/mol. The lowest BCUT2D eigenvalue weighted by Gasteiger charge is -2.29. The molecule has 2 unspecified atom stereocenters. The summed E-state index contributed by atoms with van der Waals surface area (Å²) in [5, 5.41) is 3.70. The second-order valence-electron chi connectivity index (χ2n) is 5.70. The molecule has 3 heteroatoms. The normalized spacial score (nSPS) is 14.3. The van der Waals surface area contributed by atoms with Gasteiger partial charge in [-0.25, -0.2) is 0 Å². The Morgan fingerprint density at radius 2 is 1.90 bits per heavy atom. The zero-order valence-electron chi connectivity index (χ0n) is 14.1. The fourth-order valence-corrected chi connectivity index (χ4v) is 3.53. The van der Waals surface area contributed by atoms with Crippen LogP contribution in [-0.2, 0) is 0 Å². The molecule has 0 aromatic heterocycles. The number of nitrogens with zero attached hydrogens (tertiary/aromatic N) is 1. The predicted molar refractivity (Wildman–Crippen MR) is 97.2 cm³/mol. The number of hydrogen-bond acceptors (Lipinski definition) is 3. The van der Waals surface area contributed by atoms with Crippen LogP contribution in [0.15, 0.2) is 30.3 Å². The standard InChI is InChI=1S/C18H32N2S/c1-5-13-19-18(16-10-8-7-9-11-16)12-14-20(3)17(6-2)15-21-4/h7-11,17-19H,5-6,12-15H2,1-4H3. The van der Waals surface area contributed by atoms with Gasteiger partial charge in [0, 0.05) is 17.8 Å². The lowest BCUT2D eigenvalue weighted by atomic mass is 10.0. The average Bonchev–Trinajstić information content (AvgIpc) is 2.53. The van der Waals surface area contributed by atoms with Crippen LogP contribution in [0.5, 0.6) is 0 Å². The molecule has 0 heterocycles. The second kappa shape index (κ2) is 11.1. The van der Waals surface area contributed by atoms with Crippen LogP contribution in [0.4, 0.5) is 0 Å². The van der Waals surface area contributed by atoms with E-state index in [-0.39, 0.29) is 0 Å². The maximum absolute atomic E-state index is 3.70. The van der Waals surface area contributed by atoms with E-state index in [2.05, 4.69) is 67.7 Å². The molecule has 1 rings (SSSR count). The number of hydrogen-bond donors (Lipinski definition) is 1.